The number of benzene rings is 1. The molecule has 1 atom stereocenters. The SMILES string of the molecule is C=CCC(C)NC(=O)c1cc(O)ccc1Cl. The molecule has 2 N–H and O–H groups in total. The van der Waals surface area contributed by atoms with Crippen LogP contribution in [0.5, 0.6) is 5.75 Å². The molecule has 0 aliphatic heterocycles. The summed E-state index contributed by atoms with van der Waals surface area (Å²) in [7, 11) is 0. The third-order valence-corrected chi connectivity index (χ3v) is 2.42. The standard InChI is InChI=1S/C12H14ClNO2/c1-3-4-8(2)14-12(16)10-7-9(15)5-6-11(10)13/h3,5-8,15H,1,4H2,2H3,(H,14,16). The van der Waals surface area contributed by atoms with E-state index in [1.54, 1.807) is 6.08 Å². The summed E-state index contributed by atoms with van der Waals surface area (Å²) in [5, 5.41) is 12.3. The molecule has 0 saturated carbocycles. The summed E-state index contributed by atoms with van der Waals surface area (Å²) in [5.74, 6) is -0.277. The van der Waals surface area contributed by atoms with Gasteiger partial charge in [0.2, 0.25) is 0 Å². The Bertz CT molecular complexity index is 404. The Morgan fingerprint density at radius 1 is 1.69 bits per heavy atom. The zero-order valence-electron chi connectivity index (χ0n) is 9.03. The van der Waals surface area contributed by atoms with Gasteiger partial charge in [-0.25, -0.2) is 0 Å². The Hall–Kier alpha value is -1.48. The second-order valence-electron chi connectivity index (χ2n) is 3.56. The van der Waals surface area contributed by atoms with Crippen molar-refractivity contribution in [1.29, 1.82) is 0 Å². The molecular weight excluding hydrogens is 226 g/mol. The molecule has 1 rings (SSSR count). The molecule has 1 aromatic carbocycles. The third kappa shape index (κ3) is 3.28. The third-order valence-electron chi connectivity index (χ3n) is 2.09. The number of halogens is 1. The van der Waals surface area contributed by atoms with Crippen molar-refractivity contribution in [2.75, 3.05) is 0 Å². The van der Waals surface area contributed by atoms with Gasteiger partial charge >= 0.3 is 0 Å². The zero-order valence-corrected chi connectivity index (χ0v) is 9.79. The van der Waals surface area contributed by atoms with Crippen molar-refractivity contribution >= 4 is 17.5 Å². The predicted molar refractivity (Wildman–Crippen MR) is 64.9 cm³/mol. The molecule has 16 heavy (non-hydrogen) atoms. The minimum atomic E-state index is -0.296. The summed E-state index contributed by atoms with van der Waals surface area (Å²) in [6, 6.07) is 4.26. The maximum atomic E-state index is 11.8. The van der Waals surface area contributed by atoms with Crippen LogP contribution in [0.15, 0.2) is 30.9 Å². The first kappa shape index (κ1) is 12.6. The van der Waals surface area contributed by atoms with Gasteiger partial charge in [0.1, 0.15) is 5.75 Å². The van der Waals surface area contributed by atoms with Crippen LogP contribution < -0.4 is 5.32 Å². The van der Waals surface area contributed by atoms with Gasteiger partial charge in [-0.05, 0) is 31.5 Å². The highest BCUT2D eigenvalue weighted by Gasteiger charge is 2.12. The quantitative estimate of drug-likeness (QED) is 0.794. The molecule has 0 radical (unpaired) electrons. The van der Waals surface area contributed by atoms with Gasteiger partial charge < -0.3 is 10.4 Å². The Morgan fingerprint density at radius 2 is 2.38 bits per heavy atom. The Kier molecular flexibility index (Phi) is 4.38. The molecule has 0 saturated heterocycles. The smallest absolute Gasteiger partial charge is 0.253 e. The number of nitrogens with one attached hydrogen (secondary N) is 1. The average molecular weight is 240 g/mol. The van der Waals surface area contributed by atoms with Crippen LogP contribution in [-0.4, -0.2) is 17.1 Å². The highest BCUT2D eigenvalue weighted by molar-refractivity contribution is 6.33. The Balaban J connectivity index is 2.80. The Morgan fingerprint density at radius 3 is 3.00 bits per heavy atom. The van der Waals surface area contributed by atoms with E-state index in [4.69, 9.17) is 11.6 Å². The van der Waals surface area contributed by atoms with E-state index < -0.39 is 0 Å². The first-order valence-corrected chi connectivity index (χ1v) is 5.32. The van der Waals surface area contributed by atoms with Gasteiger partial charge in [0.15, 0.2) is 0 Å². The molecule has 0 fully saturated rings. The number of rotatable bonds is 4. The summed E-state index contributed by atoms with van der Waals surface area (Å²) < 4.78 is 0. The maximum absolute atomic E-state index is 11.8. The van der Waals surface area contributed by atoms with Gasteiger partial charge in [-0.3, -0.25) is 4.79 Å². The minimum Gasteiger partial charge on any atom is -0.508 e. The molecule has 3 nitrogen and oxygen atoms in total. The van der Waals surface area contributed by atoms with Crippen molar-refractivity contribution in [3.05, 3.63) is 41.4 Å². The molecule has 86 valence electrons. The fraction of sp³-hybridized carbons (Fsp3) is 0.250. The highest BCUT2D eigenvalue weighted by atomic mass is 35.5. The van der Waals surface area contributed by atoms with Crippen molar-refractivity contribution in [3.8, 4) is 5.75 Å². The minimum absolute atomic E-state index is 0.0107. The van der Waals surface area contributed by atoms with Gasteiger partial charge in [0.05, 0.1) is 10.6 Å². The van der Waals surface area contributed by atoms with Crippen LogP contribution in [0.4, 0.5) is 0 Å². The molecule has 4 heteroatoms. The fourth-order valence-corrected chi connectivity index (χ4v) is 1.50. The average Bonchev–Trinajstić information content (AvgIpc) is 2.21. The molecule has 1 amide bonds. The van der Waals surface area contributed by atoms with Crippen LogP contribution in [-0.2, 0) is 0 Å². The van der Waals surface area contributed by atoms with Crippen LogP contribution >= 0.6 is 11.6 Å². The monoisotopic (exact) mass is 239 g/mol. The van der Waals surface area contributed by atoms with Crippen molar-refractivity contribution in [2.45, 2.75) is 19.4 Å². The van der Waals surface area contributed by atoms with Crippen molar-refractivity contribution in [2.24, 2.45) is 0 Å². The lowest BCUT2D eigenvalue weighted by Crippen LogP contribution is -2.32. The second kappa shape index (κ2) is 5.56. The molecule has 0 aliphatic carbocycles. The summed E-state index contributed by atoms with van der Waals surface area (Å²) in [6.45, 7) is 5.47. The first-order valence-electron chi connectivity index (χ1n) is 4.95. The van der Waals surface area contributed by atoms with E-state index in [2.05, 4.69) is 11.9 Å². The highest BCUT2D eigenvalue weighted by Crippen LogP contribution is 2.21. The number of carbonyl (C=O) groups is 1. The summed E-state index contributed by atoms with van der Waals surface area (Å²) in [5.41, 5.74) is 0.276. The van der Waals surface area contributed by atoms with E-state index in [0.29, 0.717) is 11.4 Å². The van der Waals surface area contributed by atoms with E-state index in [1.807, 2.05) is 6.92 Å². The number of carbonyl (C=O) groups excluding carboxylic acids is 1. The van der Waals surface area contributed by atoms with Crippen molar-refractivity contribution < 1.29 is 9.90 Å². The first-order chi connectivity index (χ1) is 7.54. The molecule has 0 bridgehead atoms. The predicted octanol–water partition coefficient (Wildman–Crippen LogP) is 2.74. The normalized spacial score (nSPS) is 11.9. The lowest BCUT2D eigenvalue weighted by Gasteiger charge is -2.12. The van der Waals surface area contributed by atoms with Crippen molar-refractivity contribution in [1.82, 2.24) is 5.32 Å². The molecule has 0 aromatic heterocycles. The largest absolute Gasteiger partial charge is 0.508 e. The summed E-state index contributed by atoms with van der Waals surface area (Å²) >= 11 is 5.86. The molecule has 1 unspecified atom stereocenters. The molecule has 0 aliphatic rings. The van der Waals surface area contributed by atoms with Crippen molar-refractivity contribution in [3.63, 3.8) is 0 Å². The maximum Gasteiger partial charge on any atom is 0.253 e. The van der Waals surface area contributed by atoms with E-state index in [0.717, 1.165) is 0 Å². The van der Waals surface area contributed by atoms with E-state index >= 15 is 0 Å². The van der Waals surface area contributed by atoms with Crippen LogP contribution in [0, 0.1) is 0 Å². The Labute approximate surface area is 99.7 Å². The van der Waals surface area contributed by atoms with Gasteiger partial charge in [-0.2, -0.15) is 0 Å². The van der Waals surface area contributed by atoms with Crippen LogP contribution in [0.3, 0.4) is 0 Å². The summed E-state index contributed by atoms with van der Waals surface area (Å²) in [4.78, 5) is 11.8. The van der Waals surface area contributed by atoms with Gasteiger partial charge in [-0.1, -0.05) is 17.7 Å². The van der Waals surface area contributed by atoms with E-state index in [-0.39, 0.29) is 23.3 Å². The lowest BCUT2D eigenvalue weighted by atomic mass is 10.1. The van der Waals surface area contributed by atoms with Crippen LogP contribution in [0.25, 0.3) is 0 Å². The number of amides is 1. The number of phenols is 1. The molecule has 0 heterocycles. The van der Waals surface area contributed by atoms with E-state index in [9.17, 15) is 9.90 Å². The number of aromatic hydroxyl groups is 1. The van der Waals surface area contributed by atoms with Crippen LogP contribution in [0.1, 0.15) is 23.7 Å². The molecular formula is C12H14ClNO2. The molecule has 0 spiro atoms. The van der Waals surface area contributed by atoms with Gasteiger partial charge in [0.25, 0.3) is 5.91 Å². The molecule has 1 aromatic rings. The fourth-order valence-electron chi connectivity index (χ4n) is 1.30. The topological polar surface area (TPSA) is 49.3 Å². The summed E-state index contributed by atoms with van der Waals surface area (Å²) in [6.07, 6.45) is 2.41. The van der Waals surface area contributed by atoms with Crippen LogP contribution in [0.2, 0.25) is 5.02 Å². The van der Waals surface area contributed by atoms with Gasteiger partial charge in [0, 0.05) is 6.04 Å². The number of hydrogen-bond acceptors (Lipinski definition) is 2. The number of phenolic OH excluding ortho intramolecular Hbond substituents is 1. The number of hydrogen-bond donors (Lipinski definition) is 2. The van der Waals surface area contributed by atoms with Gasteiger partial charge in [-0.15, -0.1) is 6.58 Å². The zero-order chi connectivity index (χ0) is 12.1. The van der Waals surface area contributed by atoms with E-state index in [1.165, 1.54) is 18.2 Å². The lowest BCUT2D eigenvalue weighted by molar-refractivity contribution is 0.0940. The second-order valence-corrected chi connectivity index (χ2v) is 3.97.